The first-order valence-corrected chi connectivity index (χ1v) is 7.24. The van der Waals surface area contributed by atoms with E-state index in [1.165, 1.54) is 0 Å². The molecule has 0 atom stereocenters. The van der Waals surface area contributed by atoms with Gasteiger partial charge in [-0.15, -0.1) is 5.10 Å². The number of fused-ring (bicyclic) bond motifs is 1. The van der Waals surface area contributed by atoms with E-state index in [0.29, 0.717) is 11.5 Å². The van der Waals surface area contributed by atoms with Gasteiger partial charge in [-0.25, -0.2) is 9.50 Å². The zero-order valence-electron chi connectivity index (χ0n) is 13.5. The van der Waals surface area contributed by atoms with E-state index in [2.05, 4.69) is 20.4 Å². The summed E-state index contributed by atoms with van der Waals surface area (Å²) >= 11 is 0. The highest BCUT2D eigenvalue weighted by Crippen LogP contribution is 2.16. The van der Waals surface area contributed by atoms with Crippen LogP contribution >= 0.6 is 0 Å². The van der Waals surface area contributed by atoms with E-state index >= 15 is 0 Å². The van der Waals surface area contributed by atoms with Crippen LogP contribution in [0.25, 0.3) is 5.78 Å². The molecule has 2 aromatic heterocycles. The minimum atomic E-state index is -0.356. The Balaban J connectivity index is 1.84. The van der Waals surface area contributed by atoms with Gasteiger partial charge < -0.3 is 10.2 Å². The van der Waals surface area contributed by atoms with Crippen molar-refractivity contribution in [3.05, 3.63) is 47.5 Å². The number of benzene rings is 1. The van der Waals surface area contributed by atoms with E-state index in [1.54, 1.807) is 4.52 Å². The zero-order valence-corrected chi connectivity index (χ0v) is 13.5. The molecule has 7 heteroatoms. The summed E-state index contributed by atoms with van der Waals surface area (Å²) in [5.41, 5.74) is 3.48. The lowest BCUT2D eigenvalue weighted by Gasteiger charge is -2.12. The Hall–Kier alpha value is -2.96. The molecule has 23 heavy (non-hydrogen) atoms. The Morgan fingerprint density at radius 1 is 1.13 bits per heavy atom. The van der Waals surface area contributed by atoms with Gasteiger partial charge in [0, 0.05) is 36.9 Å². The summed E-state index contributed by atoms with van der Waals surface area (Å²) in [4.78, 5) is 22.8. The van der Waals surface area contributed by atoms with Crippen LogP contribution in [0.15, 0.2) is 30.3 Å². The Bertz CT molecular complexity index is 866. The second-order valence-electron chi connectivity index (χ2n) is 5.58. The first kappa shape index (κ1) is 15.0. The van der Waals surface area contributed by atoms with Gasteiger partial charge >= 0.3 is 0 Å². The van der Waals surface area contributed by atoms with E-state index < -0.39 is 0 Å². The molecule has 0 aliphatic heterocycles. The van der Waals surface area contributed by atoms with Crippen LogP contribution in [0.1, 0.15) is 22.0 Å². The molecule has 0 unspecified atom stereocenters. The second kappa shape index (κ2) is 5.68. The molecule has 2 heterocycles. The SMILES string of the molecule is Cc1cc(C)n2nc(C(=O)Nc3ccc(N(C)C)cc3)nc2n1. The molecule has 0 radical (unpaired) electrons. The van der Waals surface area contributed by atoms with Crippen molar-refractivity contribution in [3.8, 4) is 0 Å². The van der Waals surface area contributed by atoms with Crippen LogP contribution in [-0.4, -0.2) is 39.6 Å². The van der Waals surface area contributed by atoms with E-state index in [1.807, 2.05) is 63.2 Å². The summed E-state index contributed by atoms with van der Waals surface area (Å²) in [6, 6.07) is 9.44. The van der Waals surface area contributed by atoms with Gasteiger partial charge in [-0.1, -0.05) is 0 Å². The molecule has 0 fully saturated rings. The third-order valence-electron chi connectivity index (χ3n) is 3.46. The molecule has 0 saturated heterocycles. The number of amides is 1. The summed E-state index contributed by atoms with van der Waals surface area (Å²) in [7, 11) is 3.93. The van der Waals surface area contributed by atoms with Crippen molar-refractivity contribution in [2.24, 2.45) is 0 Å². The van der Waals surface area contributed by atoms with Crippen molar-refractivity contribution in [1.82, 2.24) is 19.6 Å². The van der Waals surface area contributed by atoms with Crippen LogP contribution in [0.2, 0.25) is 0 Å². The fourth-order valence-electron chi connectivity index (χ4n) is 2.29. The third kappa shape index (κ3) is 2.98. The molecule has 0 bridgehead atoms. The quantitative estimate of drug-likeness (QED) is 0.801. The molecule has 0 spiro atoms. The monoisotopic (exact) mass is 310 g/mol. The van der Waals surface area contributed by atoms with Crippen LogP contribution in [0, 0.1) is 13.8 Å². The van der Waals surface area contributed by atoms with Gasteiger partial charge in [0.1, 0.15) is 0 Å². The largest absolute Gasteiger partial charge is 0.378 e. The van der Waals surface area contributed by atoms with Crippen molar-refractivity contribution in [2.75, 3.05) is 24.3 Å². The zero-order chi connectivity index (χ0) is 16.6. The highest BCUT2D eigenvalue weighted by Gasteiger charge is 2.15. The average molecular weight is 310 g/mol. The van der Waals surface area contributed by atoms with Crippen LogP contribution in [0.4, 0.5) is 11.4 Å². The summed E-state index contributed by atoms with van der Waals surface area (Å²) in [5, 5.41) is 7.01. The molecule has 3 aromatic rings. The molecule has 7 nitrogen and oxygen atoms in total. The number of aromatic nitrogens is 4. The maximum absolute atomic E-state index is 12.3. The lowest BCUT2D eigenvalue weighted by Crippen LogP contribution is -2.14. The van der Waals surface area contributed by atoms with E-state index in [9.17, 15) is 4.79 Å². The first-order chi connectivity index (χ1) is 10.9. The van der Waals surface area contributed by atoms with Crippen molar-refractivity contribution < 1.29 is 4.79 Å². The number of carbonyl (C=O) groups excluding carboxylic acids is 1. The molecule has 118 valence electrons. The average Bonchev–Trinajstić information content (AvgIpc) is 2.92. The van der Waals surface area contributed by atoms with Crippen molar-refractivity contribution >= 4 is 23.1 Å². The molecular formula is C16H18N6O. The van der Waals surface area contributed by atoms with Crippen LogP contribution in [0.5, 0.6) is 0 Å². The Morgan fingerprint density at radius 3 is 2.48 bits per heavy atom. The third-order valence-corrected chi connectivity index (χ3v) is 3.46. The van der Waals surface area contributed by atoms with Gasteiger partial charge in [0.25, 0.3) is 11.7 Å². The Morgan fingerprint density at radius 2 is 1.83 bits per heavy atom. The molecule has 0 aliphatic carbocycles. The summed E-state index contributed by atoms with van der Waals surface area (Å²) in [6.45, 7) is 3.78. The molecule has 3 rings (SSSR count). The molecule has 0 aliphatic rings. The lowest BCUT2D eigenvalue weighted by molar-refractivity contribution is 0.101. The number of aryl methyl sites for hydroxylation is 2. The predicted octanol–water partition coefficient (Wildman–Crippen LogP) is 2.06. The standard InChI is InChI=1S/C16H18N6O/c1-10-9-11(2)22-16(17-10)19-14(20-22)15(23)18-12-5-7-13(8-6-12)21(3)4/h5-9H,1-4H3,(H,18,23). The summed E-state index contributed by atoms with van der Waals surface area (Å²) < 4.78 is 1.57. The van der Waals surface area contributed by atoms with Gasteiger partial charge in [0.05, 0.1) is 0 Å². The van der Waals surface area contributed by atoms with Gasteiger partial charge in [0.15, 0.2) is 0 Å². The van der Waals surface area contributed by atoms with E-state index in [4.69, 9.17) is 0 Å². The number of nitrogens with zero attached hydrogens (tertiary/aromatic N) is 5. The van der Waals surface area contributed by atoms with Crippen molar-refractivity contribution in [3.63, 3.8) is 0 Å². The number of hydrogen-bond donors (Lipinski definition) is 1. The number of anilines is 2. The Kier molecular flexibility index (Phi) is 3.69. The van der Waals surface area contributed by atoms with Crippen molar-refractivity contribution in [1.29, 1.82) is 0 Å². The second-order valence-corrected chi connectivity index (χ2v) is 5.58. The van der Waals surface area contributed by atoms with Crippen LogP contribution in [-0.2, 0) is 0 Å². The topological polar surface area (TPSA) is 75.4 Å². The maximum Gasteiger partial charge on any atom is 0.295 e. The van der Waals surface area contributed by atoms with E-state index in [0.717, 1.165) is 17.1 Å². The predicted molar refractivity (Wildman–Crippen MR) is 89.0 cm³/mol. The fraction of sp³-hybridized carbons (Fsp3) is 0.250. The first-order valence-electron chi connectivity index (χ1n) is 7.24. The normalized spacial score (nSPS) is 10.8. The molecule has 0 saturated carbocycles. The van der Waals surface area contributed by atoms with Gasteiger partial charge in [-0.05, 0) is 44.2 Å². The maximum atomic E-state index is 12.3. The van der Waals surface area contributed by atoms with Crippen molar-refractivity contribution in [2.45, 2.75) is 13.8 Å². The van der Waals surface area contributed by atoms with Gasteiger partial charge in [-0.3, -0.25) is 4.79 Å². The molecule has 1 amide bonds. The van der Waals surface area contributed by atoms with E-state index in [-0.39, 0.29) is 11.7 Å². The van der Waals surface area contributed by atoms with Crippen LogP contribution < -0.4 is 10.2 Å². The van der Waals surface area contributed by atoms with Gasteiger partial charge in [0.2, 0.25) is 5.82 Å². The fourth-order valence-corrected chi connectivity index (χ4v) is 2.29. The number of nitrogens with one attached hydrogen (secondary N) is 1. The summed E-state index contributed by atoms with van der Waals surface area (Å²) in [5.74, 6) is 0.170. The minimum absolute atomic E-state index is 0.0999. The number of rotatable bonds is 3. The molecular weight excluding hydrogens is 292 g/mol. The molecule has 1 N–H and O–H groups in total. The highest BCUT2D eigenvalue weighted by molar-refractivity contribution is 6.01. The lowest BCUT2D eigenvalue weighted by atomic mass is 10.2. The Labute approximate surface area is 134 Å². The van der Waals surface area contributed by atoms with Gasteiger partial charge in [-0.2, -0.15) is 4.98 Å². The molecule has 1 aromatic carbocycles. The number of carbonyl (C=O) groups is 1. The highest BCUT2D eigenvalue weighted by atomic mass is 16.2. The minimum Gasteiger partial charge on any atom is -0.378 e. The smallest absolute Gasteiger partial charge is 0.295 e. The summed E-state index contributed by atoms with van der Waals surface area (Å²) in [6.07, 6.45) is 0. The number of hydrogen-bond acceptors (Lipinski definition) is 5. The van der Waals surface area contributed by atoms with Crippen LogP contribution in [0.3, 0.4) is 0 Å².